The highest BCUT2D eigenvalue weighted by atomic mass is 127. The van der Waals surface area contributed by atoms with E-state index in [1.165, 1.54) is 25.0 Å². The molecule has 6 nitrogen and oxygen atoms in total. The first-order valence-corrected chi connectivity index (χ1v) is 13.5. The molecule has 5 rings (SSSR count). The van der Waals surface area contributed by atoms with Crippen LogP contribution in [0.25, 0.3) is 16.6 Å². The molecule has 0 spiro atoms. The molecule has 0 unspecified atom stereocenters. The van der Waals surface area contributed by atoms with Crippen LogP contribution in [0.2, 0.25) is 0 Å². The summed E-state index contributed by atoms with van der Waals surface area (Å²) in [6, 6.07) is 22.7. The predicted molar refractivity (Wildman–Crippen MR) is 152 cm³/mol. The van der Waals surface area contributed by atoms with Gasteiger partial charge in [-0.05, 0) is 90.9 Å². The van der Waals surface area contributed by atoms with Gasteiger partial charge in [0.1, 0.15) is 6.04 Å². The van der Waals surface area contributed by atoms with Gasteiger partial charge in [-0.3, -0.25) is 9.59 Å². The fraction of sp³-hybridized carbons (Fsp3) is 0.276. The van der Waals surface area contributed by atoms with Crippen LogP contribution in [-0.4, -0.2) is 27.6 Å². The number of carbonyl (C=O) groups is 2. The van der Waals surface area contributed by atoms with Crippen LogP contribution >= 0.6 is 22.6 Å². The first-order valence-electron chi connectivity index (χ1n) is 12.4. The van der Waals surface area contributed by atoms with E-state index in [0.29, 0.717) is 17.2 Å². The Labute approximate surface area is 224 Å². The molecule has 184 valence electrons. The Morgan fingerprint density at radius 1 is 0.972 bits per heavy atom. The Bertz CT molecular complexity index is 1380. The lowest BCUT2D eigenvalue weighted by Crippen LogP contribution is -2.41. The molecule has 0 saturated heterocycles. The fourth-order valence-corrected chi connectivity index (χ4v) is 5.27. The standard InChI is InChI=1S/C29H29IN4O2/c1-19(28(35)32-23-15-13-22(30)14-16-23)31-29(36)21-12-17-25-26(18-21)33-34(24-10-6-3-7-11-24)27(25)20-8-4-2-5-9-20/h3,6-7,10-20H,2,4-5,8-9H2,1H3,(H,31,36)(H,32,35)/t19-/m1/s1. The molecule has 2 N–H and O–H groups in total. The van der Waals surface area contributed by atoms with Crippen LogP contribution in [0.3, 0.4) is 0 Å². The second-order valence-electron chi connectivity index (χ2n) is 9.39. The lowest BCUT2D eigenvalue weighted by Gasteiger charge is -2.23. The molecular weight excluding hydrogens is 563 g/mol. The molecule has 0 bridgehead atoms. The molecule has 0 radical (unpaired) electrons. The number of carbonyl (C=O) groups excluding carboxylic acids is 2. The summed E-state index contributed by atoms with van der Waals surface area (Å²) in [5, 5.41) is 11.7. The highest BCUT2D eigenvalue weighted by molar-refractivity contribution is 14.1. The van der Waals surface area contributed by atoms with E-state index in [4.69, 9.17) is 5.10 Å². The van der Waals surface area contributed by atoms with Crippen LogP contribution in [0, 0.1) is 3.57 Å². The van der Waals surface area contributed by atoms with Crippen molar-refractivity contribution < 1.29 is 9.59 Å². The van der Waals surface area contributed by atoms with E-state index in [9.17, 15) is 9.59 Å². The zero-order chi connectivity index (χ0) is 25.1. The van der Waals surface area contributed by atoms with Gasteiger partial charge < -0.3 is 10.6 Å². The number of nitrogens with zero attached hydrogens (tertiary/aromatic N) is 2. The number of benzene rings is 3. The van der Waals surface area contributed by atoms with Crippen molar-refractivity contribution in [2.45, 2.75) is 51.0 Å². The maximum Gasteiger partial charge on any atom is 0.251 e. The van der Waals surface area contributed by atoms with Gasteiger partial charge in [0.15, 0.2) is 0 Å². The van der Waals surface area contributed by atoms with Crippen LogP contribution in [0.4, 0.5) is 5.69 Å². The Kier molecular flexibility index (Phi) is 7.36. The number of rotatable bonds is 6. The summed E-state index contributed by atoms with van der Waals surface area (Å²) in [6.07, 6.45) is 6.06. The van der Waals surface area contributed by atoms with Crippen molar-refractivity contribution in [3.63, 3.8) is 0 Å². The molecule has 1 heterocycles. The second-order valence-corrected chi connectivity index (χ2v) is 10.6. The van der Waals surface area contributed by atoms with Crippen molar-refractivity contribution in [3.8, 4) is 5.69 Å². The minimum absolute atomic E-state index is 0.265. The maximum atomic E-state index is 13.0. The molecule has 0 aliphatic heterocycles. The van der Waals surface area contributed by atoms with Gasteiger partial charge in [0, 0.05) is 26.1 Å². The number of halogens is 1. The zero-order valence-corrected chi connectivity index (χ0v) is 22.4. The third kappa shape index (κ3) is 5.31. The summed E-state index contributed by atoms with van der Waals surface area (Å²) in [4.78, 5) is 25.7. The lowest BCUT2D eigenvalue weighted by atomic mass is 9.85. The topological polar surface area (TPSA) is 76.0 Å². The molecular formula is C29H29IN4O2. The second kappa shape index (κ2) is 10.8. The predicted octanol–water partition coefficient (Wildman–Crippen LogP) is 6.43. The number of aromatic nitrogens is 2. The average Bonchev–Trinajstić information content (AvgIpc) is 3.30. The van der Waals surface area contributed by atoms with Gasteiger partial charge in [0.25, 0.3) is 5.91 Å². The van der Waals surface area contributed by atoms with Crippen LogP contribution in [0.5, 0.6) is 0 Å². The number of para-hydroxylation sites is 1. The molecule has 1 atom stereocenters. The summed E-state index contributed by atoms with van der Waals surface area (Å²) >= 11 is 2.21. The van der Waals surface area contributed by atoms with Gasteiger partial charge in [0.05, 0.1) is 16.9 Å². The summed E-state index contributed by atoms with van der Waals surface area (Å²) in [7, 11) is 0. The van der Waals surface area contributed by atoms with Crippen LogP contribution in [0.15, 0.2) is 72.8 Å². The van der Waals surface area contributed by atoms with Gasteiger partial charge in [-0.2, -0.15) is 5.10 Å². The van der Waals surface area contributed by atoms with Gasteiger partial charge in [-0.25, -0.2) is 4.68 Å². The highest BCUT2D eigenvalue weighted by Gasteiger charge is 2.25. The molecule has 3 aromatic carbocycles. The van der Waals surface area contributed by atoms with Gasteiger partial charge >= 0.3 is 0 Å². The largest absolute Gasteiger partial charge is 0.341 e. The van der Waals surface area contributed by atoms with E-state index in [1.54, 1.807) is 6.92 Å². The summed E-state index contributed by atoms with van der Waals surface area (Å²) in [5.74, 6) is -0.108. The fourth-order valence-electron chi connectivity index (χ4n) is 4.91. The molecule has 36 heavy (non-hydrogen) atoms. The SMILES string of the molecule is C[C@@H](NC(=O)c1ccc2c(C3CCCCC3)n(-c3ccccc3)nc2c1)C(=O)Nc1ccc(I)cc1. The minimum atomic E-state index is -0.688. The zero-order valence-electron chi connectivity index (χ0n) is 20.2. The Balaban J connectivity index is 1.39. The van der Waals surface area contributed by atoms with Crippen LogP contribution in [-0.2, 0) is 4.79 Å². The molecule has 1 aliphatic rings. The van der Waals surface area contributed by atoms with E-state index >= 15 is 0 Å². The van der Waals surface area contributed by atoms with E-state index in [-0.39, 0.29) is 11.8 Å². The maximum absolute atomic E-state index is 13.0. The Morgan fingerprint density at radius 2 is 1.69 bits per heavy atom. The molecule has 4 aromatic rings. The minimum Gasteiger partial charge on any atom is -0.341 e. The quantitative estimate of drug-likeness (QED) is 0.253. The van der Waals surface area contributed by atoms with Crippen molar-refractivity contribution in [3.05, 3.63) is 87.6 Å². The first-order chi connectivity index (χ1) is 17.5. The van der Waals surface area contributed by atoms with Gasteiger partial charge in [-0.15, -0.1) is 0 Å². The van der Waals surface area contributed by atoms with Crippen molar-refractivity contribution >= 4 is 51.0 Å². The molecule has 1 saturated carbocycles. The Morgan fingerprint density at radius 3 is 2.42 bits per heavy atom. The van der Waals surface area contributed by atoms with Crippen molar-refractivity contribution in [2.24, 2.45) is 0 Å². The summed E-state index contributed by atoms with van der Waals surface area (Å²) in [5.41, 5.74) is 4.24. The monoisotopic (exact) mass is 592 g/mol. The van der Waals surface area contributed by atoms with E-state index in [1.807, 2.05) is 60.7 Å². The van der Waals surface area contributed by atoms with Gasteiger partial charge in [-0.1, -0.05) is 43.5 Å². The molecule has 1 aromatic heterocycles. The number of fused-ring (bicyclic) bond motifs is 1. The average molecular weight is 592 g/mol. The first kappa shape index (κ1) is 24.5. The van der Waals surface area contributed by atoms with E-state index < -0.39 is 6.04 Å². The normalized spacial score (nSPS) is 14.9. The number of anilines is 1. The number of nitrogens with one attached hydrogen (secondary N) is 2. The van der Waals surface area contributed by atoms with Crippen LogP contribution in [0.1, 0.15) is 61.0 Å². The lowest BCUT2D eigenvalue weighted by molar-refractivity contribution is -0.117. The smallest absolute Gasteiger partial charge is 0.251 e. The van der Waals surface area contributed by atoms with E-state index in [0.717, 1.165) is 33.0 Å². The number of amides is 2. The van der Waals surface area contributed by atoms with Gasteiger partial charge in [0.2, 0.25) is 5.91 Å². The summed E-state index contributed by atoms with van der Waals surface area (Å²) in [6.45, 7) is 1.68. The molecule has 2 amide bonds. The van der Waals surface area contributed by atoms with Crippen LogP contribution < -0.4 is 10.6 Å². The molecule has 7 heteroatoms. The van der Waals surface area contributed by atoms with Crippen molar-refractivity contribution in [2.75, 3.05) is 5.32 Å². The Hall–Kier alpha value is -3.20. The van der Waals surface area contributed by atoms with Crippen molar-refractivity contribution in [1.29, 1.82) is 0 Å². The molecule has 1 fully saturated rings. The number of hydrogen-bond acceptors (Lipinski definition) is 3. The third-order valence-electron chi connectivity index (χ3n) is 6.82. The highest BCUT2D eigenvalue weighted by Crippen LogP contribution is 2.38. The summed E-state index contributed by atoms with van der Waals surface area (Å²) < 4.78 is 3.14. The van der Waals surface area contributed by atoms with Crippen molar-refractivity contribution in [1.82, 2.24) is 15.1 Å². The van der Waals surface area contributed by atoms with E-state index in [2.05, 4.69) is 50.0 Å². The number of hydrogen-bond donors (Lipinski definition) is 2. The third-order valence-corrected chi connectivity index (χ3v) is 7.54. The molecule has 1 aliphatic carbocycles.